The molecule has 1 saturated heterocycles. The van der Waals surface area contributed by atoms with E-state index in [1.807, 2.05) is 40.9 Å². The van der Waals surface area contributed by atoms with Crippen molar-refractivity contribution in [2.75, 3.05) is 13.1 Å². The molecule has 1 aliphatic rings. The maximum absolute atomic E-state index is 12.6. The number of nitrogens with one attached hydrogen (secondary N) is 1. The average Bonchev–Trinajstić information content (AvgIpc) is 3.31. The molecule has 3 aromatic rings. The van der Waals surface area contributed by atoms with Gasteiger partial charge < -0.3 is 9.88 Å². The van der Waals surface area contributed by atoms with Gasteiger partial charge in [-0.25, -0.2) is 4.98 Å². The van der Waals surface area contributed by atoms with Crippen molar-refractivity contribution < 1.29 is 4.79 Å². The van der Waals surface area contributed by atoms with Crippen LogP contribution in [0.15, 0.2) is 42.7 Å². The average molecular weight is 364 g/mol. The van der Waals surface area contributed by atoms with Crippen molar-refractivity contribution in [2.24, 2.45) is 5.92 Å². The molecule has 1 atom stereocenters. The van der Waals surface area contributed by atoms with Gasteiger partial charge >= 0.3 is 0 Å². The molecular formula is C20H24N6O. The Morgan fingerprint density at radius 1 is 1.30 bits per heavy atom. The fourth-order valence-electron chi connectivity index (χ4n) is 3.68. The van der Waals surface area contributed by atoms with E-state index < -0.39 is 0 Å². The molecule has 140 valence electrons. The van der Waals surface area contributed by atoms with Crippen LogP contribution in [0.25, 0.3) is 0 Å². The number of aromatic amines is 1. The molecule has 1 amide bonds. The Morgan fingerprint density at radius 2 is 2.15 bits per heavy atom. The van der Waals surface area contributed by atoms with Crippen LogP contribution in [0.1, 0.15) is 40.4 Å². The number of H-pyrrole nitrogens is 1. The molecule has 0 saturated carbocycles. The summed E-state index contributed by atoms with van der Waals surface area (Å²) < 4.78 is 1.91. The number of likely N-dealkylation sites (tertiary alicyclic amines) is 1. The maximum Gasteiger partial charge on any atom is 0.271 e. The first kappa shape index (κ1) is 17.5. The predicted molar refractivity (Wildman–Crippen MR) is 101 cm³/mol. The van der Waals surface area contributed by atoms with E-state index >= 15 is 0 Å². The van der Waals surface area contributed by atoms with Crippen molar-refractivity contribution >= 4 is 5.91 Å². The van der Waals surface area contributed by atoms with Crippen LogP contribution in [-0.2, 0) is 13.0 Å². The monoisotopic (exact) mass is 364 g/mol. The summed E-state index contributed by atoms with van der Waals surface area (Å²) in [5.41, 5.74) is 2.77. The lowest BCUT2D eigenvalue weighted by molar-refractivity contribution is 0.0654. The SMILES string of the molecule is Cc1ncc(C(=O)N2CCC[C@@H](Cn3cc(Cc4ccccc4)nn3)C2)[nH]1. The van der Waals surface area contributed by atoms with E-state index in [0.717, 1.165) is 50.4 Å². The molecule has 2 aromatic heterocycles. The Hall–Kier alpha value is -2.96. The van der Waals surface area contributed by atoms with E-state index in [1.54, 1.807) is 6.20 Å². The zero-order chi connectivity index (χ0) is 18.6. The number of nitrogens with zero attached hydrogens (tertiary/aromatic N) is 5. The minimum Gasteiger partial charge on any atom is -0.338 e. The summed E-state index contributed by atoms with van der Waals surface area (Å²) in [6, 6.07) is 10.3. The van der Waals surface area contributed by atoms with Crippen molar-refractivity contribution in [3.8, 4) is 0 Å². The first-order valence-corrected chi connectivity index (χ1v) is 9.41. The molecule has 0 aliphatic carbocycles. The van der Waals surface area contributed by atoms with Gasteiger partial charge in [0.1, 0.15) is 11.5 Å². The maximum atomic E-state index is 12.6. The standard InChI is InChI=1S/C20H24N6O/c1-15-21-11-19(22-15)20(27)25-9-5-8-17(12-25)13-26-14-18(23-24-26)10-16-6-3-2-4-7-16/h2-4,6-7,11,14,17H,5,8-10,12-13H2,1H3,(H,21,22)/t17-/m1/s1. The van der Waals surface area contributed by atoms with Gasteiger partial charge in [0.15, 0.2) is 0 Å². The van der Waals surface area contributed by atoms with E-state index in [4.69, 9.17) is 0 Å². The Morgan fingerprint density at radius 3 is 2.93 bits per heavy atom. The highest BCUT2D eigenvalue weighted by molar-refractivity contribution is 5.92. The summed E-state index contributed by atoms with van der Waals surface area (Å²) in [6.07, 6.45) is 6.53. The van der Waals surface area contributed by atoms with E-state index in [2.05, 4.69) is 32.4 Å². The molecule has 0 unspecified atom stereocenters. The third-order valence-corrected chi connectivity index (χ3v) is 5.00. The summed E-state index contributed by atoms with van der Waals surface area (Å²) >= 11 is 0. The lowest BCUT2D eigenvalue weighted by Gasteiger charge is -2.32. The second-order valence-electron chi connectivity index (χ2n) is 7.24. The largest absolute Gasteiger partial charge is 0.338 e. The van der Waals surface area contributed by atoms with Crippen LogP contribution < -0.4 is 0 Å². The molecule has 0 radical (unpaired) electrons. The highest BCUT2D eigenvalue weighted by Crippen LogP contribution is 2.20. The zero-order valence-electron chi connectivity index (χ0n) is 15.5. The highest BCUT2D eigenvalue weighted by atomic mass is 16.2. The van der Waals surface area contributed by atoms with Gasteiger partial charge in [-0.3, -0.25) is 9.48 Å². The summed E-state index contributed by atoms with van der Waals surface area (Å²) in [6.45, 7) is 4.18. The van der Waals surface area contributed by atoms with Gasteiger partial charge in [0.2, 0.25) is 0 Å². The van der Waals surface area contributed by atoms with Crippen molar-refractivity contribution in [3.05, 3.63) is 65.5 Å². The van der Waals surface area contributed by atoms with Crippen molar-refractivity contribution in [1.82, 2.24) is 29.9 Å². The van der Waals surface area contributed by atoms with Crippen LogP contribution in [0.4, 0.5) is 0 Å². The topological polar surface area (TPSA) is 79.7 Å². The molecule has 0 spiro atoms. The van der Waals surface area contributed by atoms with Crippen LogP contribution in [0.2, 0.25) is 0 Å². The number of aryl methyl sites for hydroxylation is 1. The zero-order valence-corrected chi connectivity index (χ0v) is 15.5. The number of aromatic nitrogens is 5. The highest BCUT2D eigenvalue weighted by Gasteiger charge is 2.26. The summed E-state index contributed by atoms with van der Waals surface area (Å²) in [7, 11) is 0. The van der Waals surface area contributed by atoms with Crippen LogP contribution in [0.5, 0.6) is 0 Å². The fourth-order valence-corrected chi connectivity index (χ4v) is 3.68. The van der Waals surface area contributed by atoms with Crippen molar-refractivity contribution in [2.45, 2.75) is 32.7 Å². The van der Waals surface area contributed by atoms with Gasteiger partial charge in [0.05, 0.1) is 11.9 Å². The molecular weight excluding hydrogens is 340 g/mol. The number of carbonyl (C=O) groups is 1. The first-order valence-electron chi connectivity index (χ1n) is 9.41. The summed E-state index contributed by atoms with van der Waals surface area (Å²) in [5.74, 6) is 1.18. The normalized spacial score (nSPS) is 17.2. The molecule has 1 fully saturated rings. The number of hydrogen-bond donors (Lipinski definition) is 1. The van der Waals surface area contributed by atoms with Crippen LogP contribution in [0, 0.1) is 12.8 Å². The quantitative estimate of drug-likeness (QED) is 0.754. The minimum absolute atomic E-state index is 0.0312. The Balaban J connectivity index is 1.36. The molecule has 0 bridgehead atoms. The molecule has 7 heteroatoms. The Kier molecular flexibility index (Phi) is 5.00. The smallest absolute Gasteiger partial charge is 0.271 e. The number of imidazole rings is 1. The third-order valence-electron chi connectivity index (χ3n) is 5.00. The van der Waals surface area contributed by atoms with Gasteiger partial charge in [-0.2, -0.15) is 0 Å². The molecule has 1 aromatic carbocycles. The number of benzene rings is 1. The number of piperidine rings is 1. The van der Waals surface area contributed by atoms with E-state index in [1.165, 1.54) is 5.56 Å². The fraction of sp³-hybridized carbons (Fsp3) is 0.400. The van der Waals surface area contributed by atoms with Crippen LogP contribution in [0.3, 0.4) is 0 Å². The Bertz CT molecular complexity index is 900. The van der Waals surface area contributed by atoms with Crippen LogP contribution >= 0.6 is 0 Å². The molecule has 4 rings (SSSR count). The van der Waals surface area contributed by atoms with Crippen molar-refractivity contribution in [1.29, 1.82) is 0 Å². The molecule has 1 aliphatic heterocycles. The molecule has 3 heterocycles. The van der Waals surface area contributed by atoms with E-state index in [9.17, 15) is 4.79 Å². The van der Waals surface area contributed by atoms with Gasteiger partial charge in [0.25, 0.3) is 5.91 Å². The molecule has 7 nitrogen and oxygen atoms in total. The summed E-state index contributed by atoms with van der Waals surface area (Å²) in [4.78, 5) is 21.7. The van der Waals surface area contributed by atoms with Gasteiger partial charge in [-0.05, 0) is 31.2 Å². The Labute approximate surface area is 158 Å². The lowest BCUT2D eigenvalue weighted by atomic mass is 9.98. The first-order chi connectivity index (χ1) is 13.2. The lowest BCUT2D eigenvalue weighted by Crippen LogP contribution is -2.41. The van der Waals surface area contributed by atoms with E-state index in [-0.39, 0.29) is 5.91 Å². The van der Waals surface area contributed by atoms with Gasteiger partial charge in [-0.15, -0.1) is 5.10 Å². The molecule has 1 N–H and O–H groups in total. The van der Waals surface area contributed by atoms with Crippen LogP contribution in [-0.4, -0.2) is 48.9 Å². The number of rotatable bonds is 5. The number of carbonyl (C=O) groups excluding carboxylic acids is 1. The third kappa shape index (κ3) is 4.24. The summed E-state index contributed by atoms with van der Waals surface area (Å²) in [5, 5.41) is 8.59. The number of amides is 1. The van der Waals surface area contributed by atoms with Crippen molar-refractivity contribution in [3.63, 3.8) is 0 Å². The second-order valence-corrected chi connectivity index (χ2v) is 7.24. The molecule has 27 heavy (non-hydrogen) atoms. The second kappa shape index (κ2) is 7.73. The van der Waals surface area contributed by atoms with E-state index in [0.29, 0.717) is 11.6 Å². The predicted octanol–water partition coefficient (Wildman–Crippen LogP) is 2.45. The number of hydrogen-bond acceptors (Lipinski definition) is 4. The minimum atomic E-state index is 0.0312. The van der Waals surface area contributed by atoms with Gasteiger partial charge in [0, 0.05) is 32.3 Å². The van der Waals surface area contributed by atoms with Gasteiger partial charge in [-0.1, -0.05) is 35.5 Å².